The van der Waals surface area contributed by atoms with Crippen LogP contribution in [0.2, 0.25) is 0 Å². The van der Waals surface area contributed by atoms with E-state index in [0.717, 1.165) is 37.5 Å². The van der Waals surface area contributed by atoms with Crippen molar-refractivity contribution in [2.24, 2.45) is 5.73 Å². The molecule has 0 unspecified atom stereocenters. The van der Waals surface area contributed by atoms with E-state index in [4.69, 9.17) is 10.3 Å². The molecule has 1 aromatic heterocycles. The van der Waals surface area contributed by atoms with Crippen LogP contribution in [-0.2, 0) is 11.8 Å². The summed E-state index contributed by atoms with van der Waals surface area (Å²) in [6.45, 7) is 1.55. The third kappa shape index (κ3) is 2.18. The van der Waals surface area contributed by atoms with Crippen molar-refractivity contribution >= 4 is 0 Å². The molecule has 0 bridgehead atoms. The summed E-state index contributed by atoms with van der Waals surface area (Å²) in [6.07, 6.45) is 2.99. The average molecular weight is 210 g/mol. The van der Waals surface area contributed by atoms with Crippen LogP contribution in [0.1, 0.15) is 24.6 Å². The van der Waals surface area contributed by atoms with E-state index >= 15 is 0 Å². The molecule has 0 spiro atoms. The molecule has 1 aliphatic rings. The minimum atomic E-state index is 0.0172. The molecule has 84 valence electrons. The third-order valence-corrected chi connectivity index (χ3v) is 2.95. The van der Waals surface area contributed by atoms with E-state index in [0.29, 0.717) is 6.54 Å². The normalized spacial score (nSPS) is 18.4. The predicted octanol–water partition coefficient (Wildman–Crippen LogP) is 0.164. The smallest absolute Gasteiger partial charge is 0.234 e. The SMILES string of the molecule is CN(C)CCc1noc(C2(CN)CC2)n1. The Hall–Kier alpha value is -0.940. The maximum Gasteiger partial charge on any atom is 0.234 e. The predicted molar refractivity (Wildman–Crippen MR) is 56.5 cm³/mol. The molecule has 2 N–H and O–H groups in total. The standard InChI is InChI=1S/C10H18N4O/c1-14(2)6-3-8-12-9(15-13-8)10(7-11)4-5-10/h3-7,11H2,1-2H3. The second-order valence-electron chi connectivity index (χ2n) is 4.55. The lowest BCUT2D eigenvalue weighted by Gasteiger charge is -2.06. The topological polar surface area (TPSA) is 68.2 Å². The van der Waals surface area contributed by atoms with Gasteiger partial charge in [-0.1, -0.05) is 5.16 Å². The quantitative estimate of drug-likeness (QED) is 0.750. The summed E-state index contributed by atoms with van der Waals surface area (Å²) >= 11 is 0. The van der Waals surface area contributed by atoms with E-state index < -0.39 is 0 Å². The van der Waals surface area contributed by atoms with Gasteiger partial charge in [0.2, 0.25) is 5.89 Å². The molecule has 0 aromatic carbocycles. The fraction of sp³-hybridized carbons (Fsp3) is 0.800. The first-order valence-electron chi connectivity index (χ1n) is 5.34. The summed E-state index contributed by atoms with van der Waals surface area (Å²) < 4.78 is 5.26. The van der Waals surface area contributed by atoms with Crippen molar-refractivity contribution in [1.29, 1.82) is 0 Å². The molecule has 5 nitrogen and oxygen atoms in total. The molecule has 0 atom stereocenters. The van der Waals surface area contributed by atoms with E-state index in [-0.39, 0.29) is 5.41 Å². The summed E-state index contributed by atoms with van der Waals surface area (Å²) in [6, 6.07) is 0. The highest BCUT2D eigenvalue weighted by Crippen LogP contribution is 2.46. The Kier molecular flexibility index (Phi) is 2.75. The van der Waals surface area contributed by atoms with Crippen LogP contribution in [0.5, 0.6) is 0 Å². The molecule has 1 aromatic rings. The molecule has 0 aliphatic heterocycles. The lowest BCUT2D eigenvalue weighted by Crippen LogP contribution is -2.20. The lowest BCUT2D eigenvalue weighted by molar-refractivity contribution is 0.340. The number of nitrogens with zero attached hydrogens (tertiary/aromatic N) is 3. The zero-order valence-electron chi connectivity index (χ0n) is 9.36. The van der Waals surface area contributed by atoms with Crippen LogP contribution >= 0.6 is 0 Å². The Balaban J connectivity index is 1.98. The van der Waals surface area contributed by atoms with Gasteiger partial charge in [0, 0.05) is 19.5 Å². The van der Waals surface area contributed by atoms with Crippen LogP contribution in [0, 0.1) is 0 Å². The highest BCUT2D eigenvalue weighted by molar-refractivity contribution is 5.16. The van der Waals surface area contributed by atoms with Crippen molar-refractivity contribution in [3.05, 3.63) is 11.7 Å². The number of nitrogens with two attached hydrogens (primary N) is 1. The van der Waals surface area contributed by atoms with Crippen LogP contribution in [0.4, 0.5) is 0 Å². The summed E-state index contributed by atoms with van der Waals surface area (Å²) in [5.74, 6) is 1.53. The molecular weight excluding hydrogens is 192 g/mol. The van der Waals surface area contributed by atoms with Crippen molar-refractivity contribution in [3.8, 4) is 0 Å². The van der Waals surface area contributed by atoms with Gasteiger partial charge in [0.1, 0.15) is 0 Å². The maximum absolute atomic E-state index is 5.70. The van der Waals surface area contributed by atoms with Gasteiger partial charge in [0.15, 0.2) is 5.82 Å². The molecule has 1 aliphatic carbocycles. The zero-order chi connectivity index (χ0) is 10.9. The van der Waals surface area contributed by atoms with Crippen LogP contribution < -0.4 is 5.73 Å². The lowest BCUT2D eigenvalue weighted by atomic mass is 10.1. The van der Waals surface area contributed by atoms with Crippen LogP contribution in [0.15, 0.2) is 4.52 Å². The molecule has 15 heavy (non-hydrogen) atoms. The molecule has 1 saturated carbocycles. The number of likely N-dealkylation sites (N-methyl/N-ethyl adjacent to an activating group) is 1. The summed E-state index contributed by atoms with van der Waals surface area (Å²) in [7, 11) is 4.06. The van der Waals surface area contributed by atoms with Crippen LogP contribution in [0.25, 0.3) is 0 Å². The second-order valence-corrected chi connectivity index (χ2v) is 4.55. The van der Waals surface area contributed by atoms with Crippen molar-refractivity contribution in [2.75, 3.05) is 27.2 Å². The van der Waals surface area contributed by atoms with Crippen molar-refractivity contribution in [3.63, 3.8) is 0 Å². The highest BCUT2D eigenvalue weighted by Gasteiger charge is 2.48. The molecular formula is C10H18N4O. The fourth-order valence-corrected chi connectivity index (χ4v) is 1.55. The average Bonchev–Trinajstić information content (AvgIpc) is 2.87. The first-order chi connectivity index (χ1) is 7.16. The minimum absolute atomic E-state index is 0.0172. The Bertz CT molecular complexity index is 330. The van der Waals surface area contributed by atoms with E-state index in [1.54, 1.807) is 0 Å². The van der Waals surface area contributed by atoms with Crippen LogP contribution in [-0.4, -0.2) is 42.2 Å². The molecule has 1 heterocycles. The van der Waals surface area contributed by atoms with Crippen molar-refractivity contribution in [1.82, 2.24) is 15.0 Å². The van der Waals surface area contributed by atoms with Gasteiger partial charge in [0.05, 0.1) is 5.41 Å². The highest BCUT2D eigenvalue weighted by atomic mass is 16.5. The second kappa shape index (κ2) is 3.90. The van der Waals surface area contributed by atoms with Gasteiger partial charge in [-0.15, -0.1) is 0 Å². The Morgan fingerprint density at radius 2 is 2.20 bits per heavy atom. The van der Waals surface area contributed by atoms with E-state index in [2.05, 4.69) is 15.0 Å². The van der Waals surface area contributed by atoms with Gasteiger partial charge in [-0.25, -0.2) is 0 Å². The third-order valence-electron chi connectivity index (χ3n) is 2.95. The fourth-order valence-electron chi connectivity index (χ4n) is 1.55. The van der Waals surface area contributed by atoms with Crippen molar-refractivity contribution < 1.29 is 4.52 Å². The molecule has 2 rings (SSSR count). The van der Waals surface area contributed by atoms with E-state index in [1.807, 2.05) is 14.1 Å². The van der Waals surface area contributed by atoms with E-state index in [9.17, 15) is 0 Å². The number of rotatable bonds is 5. The number of aromatic nitrogens is 2. The van der Waals surface area contributed by atoms with Gasteiger partial charge in [0.25, 0.3) is 0 Å². The van der Waals surface area contributed by atoms with Gasteiger partial charge in [-0.05, 0) is 26.9 Å². The van der Waals surface area contributed by atoms with Gasteiger partial charge in [-0.2, -0.15) is 4.98 Å². The largest absolute Gasteiger partial charge is 0.339 e. The summed E-state index contributed by atoms with van der Waals surface area (Å²) in [4.78, 5) is 6.51. The molecule has 0 amide bonds. The maximum atomic E-state index is 5.70. The molecule has 1 fully saturated rings. The van der Waals surface area contributed by atoms with Crippen LogP contribution in [0.3, 0.4) is 0 Å². The summed E-state index contributed by atoms with van der Waals surface area (Å²) in [5, 5.41) is 3.97. The number of hydrogen-bond donors (Lipinski definition) is 1. The number of hydrogen-bond acceptors (Lipinski definition) is 5. The first-order valence-corrected chi connectivity index (χ1v) is 5.34. The Labute approximate surface area is 89.6 Å². The van der Waals surface area contributed by atoms with Gasteiger partial charge < -0.3 is 15.2 Å². The van der Waals surface area contributed by atoms with Gasteiger partial charge >= 0.3 is 0 Å². The van der Waals surface area contributed by atoms with Crippen molar-refractivity contribution in [2.45, 2.75) is 24.7 Å². The minimum Gasteiger partial charge on any atom is -0.339 e. The molecule has 0 radical (unpaired) electrons. The monoisotopic (exact) mass is 210 g/mol. The Morgan fingerprint density at radius 3 is 2.73 bits per heavy atom. The molecule has 5 heteroatoms. The zero-order valence-corrected chi connectivity index (χ0v) is 9.36. The molecule has 0 saturated heterocycles. The first kappa shape index (κ1) is 10.6. The van der Waals surface area contributed by atoms with Gasteiger partial charge in [-0.3, -0.25) is 0 Å². The van der Waals surface area contributed by atoms with E-state index in [1.165, 1.54) is 0 Å². The summed E-state index contributed by atoms with van der Waals surface area (Å²) in [5.41, 5.74) is 5.71. The Morgan fingerprint density at radius 1 is 1.47 bits per heavy atom.